The number of benzene rings is 1. The van der Waals surface area contributed by atoms with Gasteiger partial charge in [-0.25, -0.2) is 0 Å². The van der Waals surface area contributed by atoms with Crippen LogP contribution in [0.4, 0.5) is 8.78 Å². The number of aliphatic carboxylic acids is 1. The minimum atomic E-state index is -2.86. The van der Waals surface area contributed by atoms with Crippen molar-refractivity contribution in [3.8, 4) is 0 Å². The van der Waals surface area contributed by atoms with Crippen LogP contribution in [0.5, 0.6) is 0 Å². The standard InChI is InChI=1S/C15H20F2N2O2/c16-15(17,13-4-2-1-3-5-13)12-19-10-8-18(9-11-19)7-6-14(20)21/h1-5H,6-12H2,(H,20,21). The van der Waals surface area contributed by atoms with Crippen molar-refractivity contribution < 1.29 is 18.7 Å². The van der Waals surface area contributed by atoms with Gasteiger partial charge in [-0.3, -0.25) is 9.69 Å². The molecule has 116 valence electrons. The van der Waals surface area contributed by atoms with Crippen LogP contribution in [0.2, 0.25) is 0 Å². The van der Waals surface area contributed by atoms with E-state index in [1.54, 1.807) is 23.1 Å². The average molecular weight is 298 g/mol. The molecule has 0 aliphatic carbocycles. The highest BCUT2D eigenvalue weighted by Gasteiger charge is 2.34. The van der Waals surface area contributed by atoms with Crippen molar-refractivity contribution in [2.45, 2.75) is 12.3 Å². The van der Waals surface area contributed by atoms with Gasteiger partial charge in [0.2, 0.25) is 0 Å². The zero-order valence-electron chi connectivity index (χ0n) is 11.8. The summed E-state index contributed by atoms with van der Waals surface area (Å²) in [6.07, 6.45) is 0.0974. The molecule has 0 bridgehead atoms. The first-order valence-corrected chi connectivity index (χ1v) is 7.07. The van der Waals surface area contributed by atoms with Gasteiger partial charge in [0.05, 0.1) is 13.0 Å². The third-order valence-corrected chi connectivity index (χ3v) is 3.73. The zero-order chi connectivity index (χ0) is 15.3. The topological polar surface area (TPSA) is 43.8 Å². The Morgan fingerprint density at radius 2 is 1.67 bits per heavy atom. The smallest absolute Gasteiger partial charge is 0.304 e. The Labute approximate surface area is 123 Å². The second kappa shape index (κ2) is 6.95. The molecule has 0 aromatic heterocycles. The van der Waals surface area contributed by atoms with Crippen molar-refractivity contribution in [1.29, 1.82) is 0 Å². The lowest BCUT2D eigenvalue weighted by Crippen LogP contribution is -2.49. The Kier molecular flexibility index (Phi) is 5.25. The number of rotatable bonds is 6. The molecule has 0 spiro atoms. The van der Waals surface area contributed by atoms with Gasteiger partial charge in [0.25, 0.3) is 5.92 Å². The third-order valence-electron chi connectivity index (χ3n) is 3.73. The summed E-state index contributed by atoms with van der Waals surface area (Å²) in [4.78, 5) is 14.3. The number of halogens is 2. The highest BCUT2D eigenvalue weighted by molar-refractivity contribution is 5.66. The number of alkyl halides is 2. The number of carbonyl (C=O) groups is 1. The van der Waals surface area contributed by atoms with Crippen LogP contribution < -0.4 is 0 Å². The molecule has 1 heterocycles. The Hall–Kier alpha value is -1.53. The maximum atomic E-state index is 14.2. The monoisotopic (exact) mass is 298 g/mol. The molecule has 1 aromatic rings. The fourth-order valence-electron chi connectivity index (χ4n) is 2.48. The van der Waals surface area contributed by atoms with E-state index in [0.29, 0.717) is 32.7 Å². The van der Waals surface area contributed by atoms with Crippen LogP contribution in [-0.4, -0.2) is 60.1 Å². The van der Waals surface area contributed by atoms with E-state index in [9.17, 15) is 13.6 Å². The van der Waals surface area contributed by atoms with Gasteiger partial charge in [-0.05, 0) is 0 Å². The molecule has 0 radical (unpaired) electrons. The molecule has 1 aromatic carbocycles. The molecule has 0 amide bonds. The van der Waals surface area contributed by atoms with Crippen LogP contribution in [0, 0.1) is 0 Å². The molecule has 6 heteroatoms. The highest BCUT2D eigenvalue weighted by atomic mass is 19.3. The van der Waals surface area contributed by atoms with Crippen molar-refractivity contribution in [3.63, 3.8) is 0 Å². The van der Waals surface area contributed by atoms with Gasteiger partial charge in [-0.2, -0.15) is 8.78 Å². The number of hydrogen-bond acceptors (Lipinski definition) is 3. The number of hydrogen-bond donors (Lipinski definition) is 1. The fourth-order valence-corrected chi connectivity index (χ4v) is 2.48. The Balaban J connectivity index is 1.82. The molecule has 4 nitrogen and oxygen atoms in total. The van der Waals surface area contributed by atoms with Gasteiger partial charge in [0, 0.05) is 38.3 Å². The molecule has 0 saturated carbocycles. The lowest BCUT2D eigenvalue weighted by molar-refractivity contribution is -0.137. The molecular formula is C15H20F2N2O2. The average Bonchev–Trinajstić information content (AvgIpc) is 2.47. The molecule has 1 N–H and O–H groups in total. The quantitative estimate of drug-likeness (QED) is 0.871. The Morgan fingerprint density at radius 1 is 1.10 bits per heavy atom. The van der Waals surface area contributed by atoms with E-state index in [1.165, 1.54) is 12.1 Å². The van der Waals surface area contributed by atoms with Gasteiger partial charge in [-0.15, -0.1) is 0 Å². The first-order valence-electron chi connectivity index (χ1n) is 7.07. The minimum Gasteiger partial charge on any atom is -0.481 e. The van der Waals surface area contributed by atoms with Crippen molar-refractivity contribution in [3.05, 3.63) is 35.9 Å². The fraction of sp³-hybridized carbons (Fsp3) is 0.533. The van der Waals surface area contributed by atoms with Crippen molar-refractivity contribution >= 4 is 5.97 Å². The summed E-state index contributed by atoms with van der Waals surface area (Å²) >= 11 is 0. The maximum Gasteiger partial charge on any atom is 0.304 e. The van der Waals surface area contributed by atoms with Gasteiger partial charge in [-0.1, -0.05) is 30.3 Å². The molecule has 0 atom stereocenters. The summed E-state index contributed by atoms with van der Waals surface area (Å²) in [5.74, 6) is -3.68. The van der Waals surface area contributed by atoms with Crippen LogP contribution in [0.15, 0.2) is 30.3 Å². The molecule has 1 aliphatic heterocycles. The Bertz CT molecular complexity index is 460. The van der Waals surface area contributed by atoms with E-state index >= 15 is 0 Å². The second-order valence-electron chi connectivity index (χ2n) is 5.33. The molecule has 1 aliphatic rings. The molecule has 0 unspecified atom stereocenters. The van der Waals surface area contributed by atoms with E-state index < -0.39 is 11.9 Å². The van der Waals surface area contributed by atoms with Crippen molar-refractivity contribution in [1.82, 2.24) is 9.80 Å². The third kappa shape index (κ3) is 4.75. The zero-order valence-corrected chi connectivity index (χ0v) is 11.8. The summed E-state index contributed by atoms with van der Waals surface area (Å²) in [5, 5.41) is 8.64. The summed E-state index contributed by atoms with van der Waals surface area (Å²) in [6.45, 7) is 2.56. The lowest BCUT2D eigenvalue weighted by Gasteiger charge is -2.36. The molecule has 2 rings (SSSR count). The SMILES string of the molecule is O=C(O)CCN1CCN(CC(F)(F)c2ccccc2)CC1. The van der Waals surface area contributed by atoms with Crippen LogP contribution in [0.1, 0.15) is 12.0 Å². The number of carboxylic acids is 1. The van der Waals surface area contributed by atoms with Gasteiger partial charge in [0.15, 0.2) is 0 Å². The summed E-state index contributed by atoms with van der Waals surface area (Å²) in [7, 11) is 0. The maximum absolute atomic E-state index is 14.2. The Morgan fingerprint density at radius 3 is 2.24 bits per heavy atom. The first-order chi connectivity index (χ1) is 9.97. The summed E-state index contributed by atoms with van der Waals surface area (Å²) in [6, 6.07) is 7.85. The predicted molar refractivity (Wildman–Crippen MR) is 75.5 cm³/mol. The van der Waals surface area contributed by atoms with Crippen LogP contribution in [0.3, 0.4) is 0 Å². The summed E-state index contributed by atoms with van der Waals surface area (Å²) < 4.78 is 28.3. The van der Waals surface area contributed by atoms with Crippen LogP contribution in [-0.2, 0) is 10.7 Å². The first kappa shape index (κ1) is 15.9. The molecule has 1 saturated heterocycles. The number of piperazine rings is 1. The second-order valence-corrected chi connectivity index (χ2v) is 5.33. The lowest BCUT2D eigenvalue weighted by atomic mass is 10.1. The predicted octanol–water partition coefficient (Wildman–Crippen LogP) is 1.87. The van der Waals surface area contributed by atoms with Gasteiger partial charge in [0.1, 0.15) is 0 Å². The van der Waals surface area contributed by atoms with E-state index in [4.69, 9.17) is 5.11 Å². The number of nitrogens with zero attached hydrogens (tertiary/aromatic N) is 2. The molecule has 1 fully saturated rings. The highest BCUT2D eigenvalue weighted by Crippen LogP contribution is 2.29. The largest absolute Gasteiger partial charge is 0.481 e. The van der Waals surface area contributed by atoms with E-state index in [-0.39, 0.29) is 18.5 Å². The van der Waals surface area contributed by atoms with Crippen LogP contribution >= 0.6 is 0 Å². The normalized spacial score (nSPS) is 17.8. The summed E-state index contributed by atoms with van der Waals surface area (Å²) in [5.41, 5.74) is 0.0401. The van der Waals surface area contributed by atoms with Crippen LogP contribution in [0.25, 0.3) is 0 Å². The van der Waals surface area contributed by atoms with E-state index in [2.05, 4.69) is 0 Å². The van der Waals surface area contributed by atoms with Gasteiger partial charge >= 0.3 is 5.97 Å². The van der Waals surface area contributed by atoms with E-state index in [1.807, 2.05) is 4.90 Å². The molecular weight excluding hydrogens is 278 g/mol. The number of carboxylic acid groups (broad SMARTS) is 1. The van der Waals surface area contributed by atoms with Crippen molar-refractivity contribution in [2.24, 2.45) is 0 Å². The minimum absolute atomic E-state index is 0.0401. The van der Waals surface area contributed by atoms with Crippen molar-refractivity contribution in [2.75, 3.05) is 39.3 Å². The molecule has 21 heavy (non-hydrogen) atoms. The van der Waals surface area contributed by atoms with Gasteiger partial charge < -0.3 is 10.0 Å². The van der Waals surface area contributed by atoms with E-state index in [0.717, 1.165) is 0 Å².